The quantitative estimate of drug-likeness (QED) is 0.548. The van der Waals surface area contributed by atoms with Crippen LogP contribution in [0, 0.1) is 0 Å². The number of aryl methyl sites for hydroxylation is 1. The maximum atomic E-state index is 12.3. The molecule has 0 saturated carbocycles. The summed E-state index contributed by atoms with van der Waals surface area (Å²) < 4.78 is 5.18. The van der Waals surface area contributed by atoms with Crippen molar-refractivity contribution in [3.8, 4) is 5.75 Å². The number of rotatable bonds is 8. The van der Waals surface area contributed by atoms with Crippen LogP contribution in [0.25, 0.3) is 0 Å². The lowest BCUT2D eigenvalue weighted by Crippen LogP contribution is -2.15. The number of carbonyl (C=O) groups is 2. The second kappa shape index (κ2) is 8.64. The van der Waals surface area contributed by atoms with Crippen molar-refractivity contribution in [1.82, 2.24) is 0 Å². The maximum Gasteiger partial charge on any atom is 0.317 e. The van der Waals surface area contributed by atoms with Gasteiger partial charge < -0.3 is 9.84 Å². The van der Waals surface area contributed by atoms with Crippen molar-refractivity contribution in [2.24, 2.45) is 0 Å². The summed E-state index contributed by atoms with van der Waals surface area (Å²) in [5.41, 5.74) is 2.58. The number of ether oxygens (including phenoxy) is 1. The molecule has 0 radical (unpaired) electrons. The number of alkyl halides is 1. The zero-order chi connectivity index (χ0) is 17.5. The molecule has 4 nitrogen and oxygen atoms in total. The minimum Gasteiger partial charge on any atom is -0.497 e. The number of carboxylic acid groups (broad SMARTS) is 1. The second-order valence-corrected chi connectivity index (χ2v) is 6.59. The predicted octanol–water partition coefficient (Wildman–Crippen LogP) is 3.90. The van der Waals surface area contributed by atoms with Gasteiger partial charge in [0.2, 0.25) is 0 Å². The molecule has 0 aliphatic heterocycles. The van der Waals surface area contributed by atoms with Crippen LogP contribution in [0.4, 0.5) is 0 Å². The van der Waals surface area contributed by atoms with Crippen LogP contribution >= 0.6 is 15.9 Å². The number of methoxy groups -OCH3 is 1. The third-order valence-corrected chi connectivity index (χ3v) is 4.45. The third-order valence-electron chi connectivity index (χ3n) is 3.73. The summed E-state index contributed by atoms with van der Waals surface area (Å²) in [6.45, 7) is 0. The molecule has 1 unspecified atom stereocenters. The van der Waals surface area contributed by atoms with Crippen molar-refractivity contribution < 1.29 is 19.4 Å². The highest BCUT2D eigenvalue weighted by Gasteiger charge is 2.14. The number of hydrogen-bond donors (Lipinski definition) is 1. The van der Waals surface area contributed by atoms with Crippen LogP contribution in [-0.4, -0.2) is 28.8 Å². The fourth-order valence-corrected chi connectivity index (χ4v) is 2.72. The van der Waals surface area contributed by atoms with E-state index in [0.717, 1.165) is 16.9 Å². The largest absolute Gasteiger partial charge is 0.497 e. The Kier molecular flexibility index (Phi) is 6.55. The SMILES string of the molecule is COc1cccc(CCC(=O)c2ccc(CC(Br)C(=O)O)cc2)c1. The number of halogens is 1. The normalized spacial score (nSPS) is 11.8. The molecular weight excluding hydrogens is 372 g/mol. The van der Waals surface area contributed by atoms with E-state index in [1.165, 1.54) is 0 Å². The molecule has 0 aliphatic carbocycles. The predicted molar refractivity (Wildman–Crippen MR) is 96.1 cm³/mol. The van der Waals surface area contributed by atoms with Gasteiger partial charge >= 0.3 is 5.97 Å². The molecule has 126 valence electrons. The average molecular weight is 391 g/mol. The Morgan fingerprint density at radius 1 is 1.12 bits per heavy atom. The topological polar surface area (TPSA) is 63.6 Å². The van der Waals surface area contributed by atoms with E-state index < -0.39 is 10.8 Å². The Balaban J connectivity index is 1.93. The van der Waals surface area contributed by atoms with Crippen molar-refractivity contribution in [2.75, 3.05) is 7.11 Å². The van der Waals surface area contributed by atoms with Crippen LogP contribution < -0.4 is 4.74 Å². The van der Waals surface area contributed by atoms with Crippen molar-refractivity contribution in [1.29, 1.82) is 0 Å². The minimum absolute atomic E-state index is 0.0676. The average Bonchev–Trinajstić information content (AvgIpc) is 2.60. The molecule has 0 fully saturated rings. The number of aliphatic carboxylic acids is 1. The zero-order valence-electron chi connectivity index (χ0n) is 13.4. The highest BCUT2D eigenvalue weighted by molar-refractivity contribution is 9.10. The molecule has 0 saturated heterocycles. The van der Waals surface area contributed by atoms with Gasteiger partial charge in [0.15, 0.2) is 5.78 Å². The minimum atomic E-state index is -0.895. The number of benzene rings is 2. The van der Waals surface area contributed by atoms with Crippen LogP contribution in [0.2, 0.25) is 0 Å². The number of hydrogen-bond acceptors (Lipinski definition) is 3. The highest BCUT2D eigenvalue weighted by atomic mass is 79.9. The second-order valence-electron chi connectivity index (χ2n) is 5.48. The zero-order valence-corrected chi connectivity index (χ0v) is 15.0. The lowest BCUT2D eigenvalue weighted by atomic mass is 10.0. The lowest BCUT2D eigenvalue weighted by Gasteiger charge is -2.07. The molecule has 24 heavy (non-hydrogen) atoms. The molecule has 0 heterocycles. The summed E-state index contributed by atoms with van der Waals surface area (Å²) in [6, 6.07) is 14.8. The number of Topliss-reactive ketones (excluding diaryl/α,β-unsaturated/α-hetero) is 1. The fraction of sp³-hybridized carbons (Fsp3) is 0.263. The van der Waals surface area contributed by atoms with Crippen molar-refractivity contribution in [3.63, 3.8) is 0 Å². The van der Waals surface area contributed by atoms with Crippen LogP contribution in [0.15, 0.2) is 48.5 Å². The number of ketones is 1. The number of carbonyl (C=O) groups excluding carboxylic acids is 1. The van der Waals surface area contributed by atoms with Crippen molar-refractivity contribution in [2.45, 2.75) is 24.1 Å². The third kappa shape index (κ3) is 5.20. The monoisotopic (exact) mass is 390 g/mol. The maximum absolute atomic E-state index is 12.3. The van der Waals surface area contributed by atoms with E-state index >= 15 is 0 Å². The first-order valence-electron chi connectivity index (χ1n) is 7.61. The Labute approximate surface area is 149 Å². The van der Waals surface area contributed by atoms with E-state index in [-0.39, 0.29) is 5.78 Å². The Morgan fingerprint density at radius 2 is 1.83 bits per heavy atom. The molecule has 1 atom stereocenters. The van der Waals surface area contributed by atoms with Gasteiger partial charge in [-0.25, -0.2) is 0 Å². The van der Waals surface area contributed by atoms with Gasteiger partial charge in [-0.2, -0.15) is 0 Å². The van der Waals surface area contributed by atoms with Gasteiger partial charge in [0, 0.05) is 12.0 Å². The van der Waals surface area contributed by atoms with Crippen LogP contribution in [0.5, 0.6) is 5.75 Å². The van der Waals surface area contributed by atoms with Crippen molar-refractivity contribution >= 4 is 27.7 Å². The first kappa shape index (κ1) is 18.2. The van der Waals surface area contributed by atoms with E-state index in [4.69, 9.17) is 9.84 Å². The van der Waals surface area contributed by atoms with Crippen LogP contribution in [-0.2, 0) is 17.6 Å². The van der Waals surface area contributed by atoms with Gasteiger partial charge in [-0.05, 0) is 36.1 Å². The molecule has 2 aromatic rings. The molecule has 0 aromatic heterocycles. The van der Waals surface area contributed by atoms with Gasteiger partial charge in [-0.1, -0.05) is 52.3 Å². The summed E-state index contributed by atoms with van der Waals surface area (Å²) in [6.07, 6.45) is 1.45. The molecule has 0 spiro atoms. The van der Waals surface area contributed by atoms with E-state index in [0.29, 0.717) is 24.8 Å². The standard InChI is InChI=1S/C19H19BrO4/c1-24-16-4-2-3-13(11-16)7-10-18(21)15-8-5-14(6-9-15)12-17(20)19(22)23/h2-6,8-9,11,17H,7,10,12H2,1H3,(H,22,23). The van der Waals surface area contributed by atoms with Crippen LogP contribution in [0.1, 0.15) is 27.9 Å². The van der Waals surface area contributed by atoms with Gasteiger partial charge in [0.1, 0.15) is 10.6 Å². The van der Waals surface area contributed by atoms with E-state index in [1.807, 2.05) is 24.3 Å². The Hall–Kier alpha value is -2.14. The summed E-state index contributed by atoms with van der Waals surface area (Å²) >= 11 is 3.11. The molecular formula is C19H19BrO4. The summed E-state index contributed by atoms with van der Waals surface area (Å²) in [5, 5.41) is 8.89. The highest BCUT2D eigenvalue weighted by Crippen LogP contribution is 2.16. The van der Waals surface area contributed by atoms with E-state index in [9.17, 15) is 9.59 Å². The first-order chi connectivity index (χ1) is 11.5. The lowest BCUT2D eigenvalue weighted by molar-refractivity contribution is -0.136. The summed E-state index contributed by atoms with van der Waals surface area (Å²) in [4.78, 5) is 22.5. The van der Waals surface area contributed by atoms with E-state index in [1.54, 1.807) is 31.4 Å². The fourth-order valence-electron chi connectivity index (χ4n) is 2.35. The molecule has 2 rings (SSSR count). The molecule has 1 N–H and O–H groups in total. The Bertz CT molecular complexity index is 710. The van der Waals surface area contributed by atoms with Crippen molar-refractivity contribution in [3.05, 3.63) is 65.2 Å². The summed E-state index contributed by atoms with van der Waals surface area (Å²) in [5.74, 6) is -0.0431. The summed E-state index contributed by atoms with van der Waals surface area (Å²) in [7, 11) is 1.62. The van der Waals surface area contributed by atoms with E-state index in [2.05, 4.69) is 15.9 Å². The molecule has 0 bridgehead atoms. The number of carboxylic acids is 1. The molecule has 5 heteroatoms. The molecule has 2 aromatic carbocycles. The smallest absolute Gasteiger partial charge is 0.317 e. The van der Waals surface area contributed by atoms with Gasteiger partial charge in [0.05, 0.1) is 7.11 Å². The van der Waals surface area contributed by atoms with Crippen LogP contribution in [0.3, 0.4) is 0 Å². The molecule has 0 amide bonds. The Morgan fingerprint density at radius 3 is 2.46 bits per heavy atom. The van der Waals surface area contributed by atoms with Gasteiger partial charge in [0.25, 0.3) is 0 Å². The van der Waals surface area contributed by atoms with Gasteiger partial charge in [-0.3, -0.25) is 9.59 Å². The van der Waals surface area contributed by atoms with Gasteiger partial charge in [-0.15, -0.1) is 0 Å². The first-order valence-corrected chi connectivity index (χ1v) is 8.53. The molecule has 0 aliphatic rings.